The summed E-state index contributed by atoms with van der Waals surface area (Å²) in [6.07, 6.45) is 0.967. The first-order chi connectivity index (χ1) is 12.5. The number of nitrogens with one attached hydrogen (secondary N) is 2. The molecule has 2 amide bonds. The van der Waals surface area contributed by atoms with Crippen LogP contribution in [0.15, 0.2) is 42.5 Å². The number of amides is 2. The molecule has 0 heterocycles. The largest absolute Gasteiger partial charge is 0.497 e. The quantitative estimate of drug-likeness (QED) is 0.755. The summed E-state index contributed by atoms with van der Waals surface area (Å²) in [6, 6.07) is 11.9. The fourth-order valence-electron chi connectivity index (χ4n) is 2.65. The lowest BCUT2D eigenvalue weighted by Gasteiger charge is -2.17. The number of anilines is 2. The zero-order chi connectivity index (χ0) is 18.7. The van der Waals surface area contributed by atoms with Gasteiger partial charge in [0.25, 0.3) is 0 Å². The van der Waals surface area contributed by atoms with E-state index in [2.05, 4.69) is 10.6 Å². The van der Waals surface area contributed by atoms with Crippen molar-refractivity contribution in [3.05, 3.63) is 47.5 Å². The summed E-state index contributed by atoms with van der Waals surface area (Å²) in [4.78, 5) is 25.4. The molecule has 0 radical (unpaired) electrons. The molecule has 1 aliphatic carbocycles. The number of carbonyl (C=O) groups is 2. The molecule has 1 aliphatic rings. The van der Waals surface area contributed by atoms with Crippen molar-refractivity contribution < 1.29 is 19.1 Å². The fraction of sp³-hybridized carbons (Fsp3) is 0.263. The first kappa shape index (κ1) is 18.1. The molecular weight excluding hydrogens is 356 g/mol. The van der Waals surface area contributed by atoms with Crippen molar-refractivity contribution in [1.82, 2.24) is 0 Å². The van der Waals surface area contributed by atoms with Gasteiger partial charge in [0.2, 0.25) is 11.8 Å². The van der Waals surface area contributed by atoms with Crippen LogP contribution in [0.1, 0.15) is 12.8 Å². The average molecular weight is 375 g/mol. The van der Waals surface area contributed by atoms with Gasteiger partial charge in [0.1, 0.15) is 16.9 Å². The second kappa shape index (κ2) is 7.25. The first-order valence-electron chi connectivity index (χ1n) is 8.09. The monoisotopic (exact) mass is 374 g/mol. The van der Waals surface area contributed by atoms with Crippen LogP contribution in [0, 0.1) is 5.41 Å². The zero-order valence-electron chi connectivity index (χ0n) is 14.5. The number of hydrogen-bond acceptors (Lipinski definition) is 4. The molecule has 0 aliphatic heterocycles. The van der Waals surface area contributed by atoms with Gasteiger partial charge in [-0.2, -0.15) is 0 Å². The molecule has 26 heavy (non-hydrogen) atoms. The van der Waals surface area contributed by atoms with Crippen molar-refractivity contribution in [2.75, 3.05) is 24.9 Å². The van der Waals surface area contributed by atoms with Gasteiger partial charge < -0.3 is 20.1 Å². The van der Waals surface area contributed by atoms with Crippen molar-refractivity contribution in [3.8, 4) is 11.5 Å². The van der Waals surface area contributed by atoms with E-state index in [-0.39, 0.29) is 11.8 Å². The number of methoxy groups -OCH3 is 2. The maximum absolute atomic E-state index is 12.8. The maximum Gasteiger partial charge on any atom is 0.240 e. The highest BCUT2D eigenvalue weighted by Gasteiger charge is 2.56. The third kappa shape index (κ3) is 3.60. The molecule has 1 fully saturated rings. The Labute approximate surface area is 156 Å². The second-order valence-electron chi connectivity index (χ2n) is 6.07. The van der Waals surface area contributed by atoms with Crippen molar-refractivity contribution in [2.24, 2.45) is 5.41 Å². The minimum Gasteiger partial charge on any atom is -0.497 e. The molecule has 6 nitrogen and oxygen atoms in total. The SMILES string of the molecule is COc1ccc(OC)c(NC(=O)C2(C(=O)Nc3cccc(Cl)c3)CC2)c1. The molecule has 0 saturated heterocycles. The summed E-state index contributed by atoms with van der Waals surface area (Å²) < 4.78 is 10.4. The lowest BCUT2D eigenvalue weighted by Crippen LogP contribution is -2.35. The summed E-state index contributed by atoms with van der Waals surface area (Å²) in [5.41, 5.74) is -0.0737. The smallest absolute Gasteiger partial charge is 0.240 e. The van der Waals surface area contributed by atoms with E-state index in [1.165, 1.54) is 14.2 Å². The Bertz CT molecular complexity index is 849. The van der Waals surface area contributed by atoms with Crippen LogP contribution in [0.5, 0.6) is 11.5 Å². The van der Waals surface area contributed by atoms with Gasteiger partial charge in [-0.05, 0) is 43.2 Å². The molecule has 0 bridgehead atoms. The highest BCUT2D eigenvalue weighted by molar-refractivity contribution is 6.31. The van der Waals surface area contributed by atoms with E-state index in [0.717, 1.165) is 0 Å². The van der Waals surface area contributed by atoms with Crippen LogP contribution in [0.25, 0.3) is 0 Å². The van der Waals surface area contributed by atoms with Crippen molar-refractivity contribution in [2.45, 2.75) is 12.8 Å². The number of ether oxygens (including phenoxy) is 2. The van der Waals surface area contributed by atoms with Crippen LogP contribution >= 0.6 is 11.6 Å². The summed E-state index contributed by atoms with van der Waals surface area (Å²) in [5.74, 6) is 0.349. The Morgan fingerprint density at radius 3 is 2.35 bits per heavy atom. The lowest BCUT2D eigenvalue weighted by atomic mass is 10.0. The predicted molar refractivity (Wildman–Crippen MR) is 99.9 cm³/mol. The van der Waals surface area contributed by atoms with E-state index in [0.29, 0.717) is 40.7 Å². The summed E-state index contributed by atoms with van der Waals surface area (Å²) in [5, 5.41) is 6.06. The lowest BCUT2D eigenvalue weighted by molar-refractivity contribution is -0.131. The molecule has 136 valence electrons. The molecule has 0 unspecified atom stereocenters. The van der Waals surface area contributed by atoms with Gasteiger partial charge in [0.15, 0.2) is 0 Å². The van der Waals surface area contributed by atoms with Crippen LogP contribution in [-0.2, 0) is 9.59 Å². The van der Waals surface area contributed by atoms with E-state index in [1.54, 1.807) is 42.5 Å². The van der Waals surface area contributed by atoms with Crippen LogP contribution < -0.4 is 20.1 Å². The molecule has 3 rings (SSSR count). The average Bonchev–Trinajstić information content (AvgIpc) is 3.43. The van der Waals surface area contributed by atoms with Gasteiger partial charge in [-0.3, -0.25) is 9.59 Å². The Morgan fingerprint density at radius 2 is 1.73 bits per heavy atom. The Hall–Kier alpha value is -2.73. The number of benzene rings is 2. The molecule has 1 saturated carbocycles. The van der Waals surface area contributed by atoms with E-state index in [4.69, 9.17) is 21.1 Å². The molecule has 0 aromatic heterocycles. The first-order valence-corrected chi connectivity index (χ1v) is 8.47. The normalized spacial score (nSPS) is 14.3. The fourth-order valence-corrected chi connectivity index (χ4v) is 2.84. The maximum atomic E-state index is 12.8. The summed E-state index contributed by atoms with van der Waals surface area (Å²) in [6.45, 7) is 0. The molecule has 2 aromatic carbocycles. The molecule has 0 atom stereocenters. The van der Waals surface area contributed by atoms with Gasteiger partial charge in [0.05, 0.1) is 19.9 Å². The standard InChI is InChI=1S/C19H19ClN2O4/c1-25-14-6-7-16(26-2)15(11-14)22-18(24)19(8-9-19)17(23)21-13-5-3-4-12(20)10-13/h3-7,10-11H,8-9H2,1-2H3,(H,21,23)(H,22,24). The minimum atomic E-state index is -1.09. The topological polar surface area (TPSA) is 76.7 Å². The van der Waals surface area contributed by atoms with E-state index >= 15 is 0 Å². The van der Waals surface area contributed by atoms with Gasteiger partial charge in [0, 0.05) is 16.8 Å². The highest BCUT2D eigenvalue weighted by Crippen LogP contribution is 2.48. The van der Waals surface area contributed by atoms with Crippen molar-refractivity contribution >= 4 is 34.8 Å². The molecule has 0 spiro atoms. The molecule has 2 aromatic rings. The highest BCUT2D eigenvalue weighted by atomic mass is 35.5. The third-order valence-corrected chi connectivity index (χ3v) is 4.59. The van der Waals surface area contributed by atoms with Gasteiger partial charge in [-0.1, -0.05) is 17.7 Å². The van der Waals surface area contributed by atoms with Crippen molar-refractivity contribution in [1.29, 1.82) is 0 Å². The Balaban J connectivity index is 1.76. The predicted octanol–water partition coefficient (Wildman–Crippen LogP) is 3.71. The second-order valence-corrected chi connectivity index (χ2v) is 6.50. The minimum absolute atomic E-state index is 0.348. The van der Waals surface area contributed by atoms with E-state index in [1.807, 2.05) is 0 Å². The van der Waals surface area contributed by atoms with Gasteiger partial charge in [-0.25, -0.2) is 0 Å². The third-order valence-electron chi connectivity index (χ3n) is 4.36. The van der Waals surface area contributed by atoms with Crippen LogP contribution in [0.2, 0.25) is 5.02 Å². The van der Waals surface area contributed by atoms with Crippen LogP contribution in [-0.4, -0.2) is 26.0 Å². The van der Waals surface area contributed by atoms with Crippen molar-refractivity contribution in [3.63, 3.8) is 0 Å². The van der Waals surface area contributed by atoms with E-state index in [9.17, 15) is 9.59 Å². The summed E-state index contributed by atoms with van der Waals surface area (Å²) in [7, 11) is 3.05. The number of hydrogen-bond donors (Lipinski definition) is 2. The Morgan fingerprint density at radius 1 is 1.00 bits per heavy atom. The molecular formula is C19H19ClN2O4. The van der Waals surface area contributed by atoms with Crippen LogP contribution in [0.4, 0.5) is 11.4 Å². The van der Waals surface area contributed by atoms with E-state index < -0.39 is 5.41 Å². The number of rotatable bonds is 6. The number of carbonyl (C=O) groups excluding carboxylic acids is 2. The van der Waals surface area contributed by atoms with Crippen LogP contribution in [0.3, 0.4) is 0 Å². The van der Waals surface area contributed by atoms with Gasteiger partial charge >= 0.3 is 0 Å². The van der Waals surface area contributed by atoms with Gasteiger partial charge in [-0.15, -0.1) is 0 Å². The molecule has 7 heteroatoms. The Kier molecular flexibility index (Phi) is 5.04. The summed E-state index contributed by atoms with van der Waals surface area (Å²) >= 11 is 5.93. The number of halogens is 1. The zero-order valence-corrected chi connectivity index (χ0v) is 15.2. The molecule has 2 N–H and O–H groups in total.